The lowest BCUT2D eigenvalue weighted by atomic mass is 10.1. The maximum absolute atomic E-state index is 12.9. The summed E-state index contributed by atoms with van der Waals surface area (Å²) in [7, 11) is 0. The molecule has 0 saturated heterocycles. The number of benzene rings is 1. The molecule has 0 saturated carbocycles. The third kappa shape index (κ3) is 2.95. The van der Waals surface area contributed by atoms with E-state index in [-0.39, 0.29) is 11.2 Å². The number of rotatable bonds is 4. The van der Waals surface area contributed by atoms with Crippen LogP contribution in [0.25, 0.3) is 11.0 Å². The number of nitrogens with zero attached hydrogens (tertiary/aromatic N) is 2. The van der Waals surface area contributed by atoms with Gasteiger partial charge in [0.15, 0.2) is 0 Å². The van der Waals surface area contributed by atoms with Crippen LogP contribution in [0.3, 0.4) is 0 Å². The predicted molar refractivity (Wildman–Crippen MR) is 78.4 cm³/mol. The van der Waals surface area contributed by atoms with Crippen molar-refractivity contribution in [2.45, 2.75) is 45.8 Å². The average Bonchev–Trinajstić information content (AvgIpc) is 2.69. The maximum Gasteiger partial charge on any atom is 0.418 e. The van der Waals surface area contributed by atoms with E-state index in [0.29, 0.717) is 17.9 Å². The summed E-state index contributed by atoms with van der Waals surface area (Å²) in [6, 6.07) is 0.970. The molecular weight excluding hydrogens is 303 g/mol. The van der Waals surface area contributed by atoms with Gasteiger partial charge in [-0.3, -0.25) is 0 Å². The zero-order valence-corrected chi connectivity index (χ0v) is 12.6. The second kappa shape index (κ2) is 5.75. The molecule has 1 aromatic carbocycles. The van der Waals surface area contributed by atoms with Crippen molar-refractivity contribution in [2.24, 2.45) is 0 Å². The molecule has 21 heavy (non-hydrogen) atoms. The van der Waals surface area contributed by atoms with Crippen molar-refractivity contribution < 1.29 is 13.2 Å². The number of alkyl halides is 3. The van der Waals surface area contributed by atoms with Gasteiger partial charge in [-0.05, 0) is 19.4 Å². The first-order valence-electron chi connectivity index (χ1n) is 6.79. The molecule has 2 N–H and O–H groups in total. The number of nitrogens with two attached hydrogens (primary N) is 1. The molecular formula is C14H17ClF3N3. The summed E-state index contributed by atoms with van der Waals surface area (Å²) in [4.78, 5) is 4.19. The lowest BCUT2D eigenvalue weighted by Gasteiger charge is -2.13. The van der Waals surface area contributed by atoms with E-state index in [1.54, 1.807) is 6.92 Å². The standard InChI is InChI=1S/C14H17ClF3N3/c1-3-4-5-6-21-8(2)20-10-7-9(14(16,17)18)11(15)12(19)13(10)21/h7H,3-6,19H2,1-2H3. The van der Waals surface area contributed by atoms with Gasteiger partial charge in [0, 0.05) is 6.54 Å². The van der Waals surface area contributed by atoms with E-state index in [0.717, 1.165) is 25.3 Å². The molecule has 2 rings (SSSR count). The molecule has 1 heterocycles. The van der Waals surface area contributed by atoms with E-state index in [1.165, 1.54) is 0 Å². The lowest BCUT2D eigenvalue weighted by molar-refractivity contribution is -0.137. The normalized spacial score (nSPS) is 12.3. The van der Waals surface area contributed by atoms with Crippen LogP contribution in [0.4, 0.5) is 18.9 Å². The predicted octanol–water partition coefficient (Wildman–Crippen LogP) is 4.79. The van der Waals surface area contributed by atoms with Gasteiger partial charge in [0.2, 0.25) is 0 Å². The molecule has 0 bridgehead atoms. The van der Waals surface area contributed by atoms with Crippen molar-refractivity contribution in [1.82, 2.24) is 9.55 Å². The molecule has 0 aliphatic carbocycles. The Morgan fingerprint density at radius 1 is 1.33 bits per heavy atom. The number of aromatic nitrogens is 2. The quantitative estimate of drug-likeness (QED) is 0.650. The van der Waals surface area contributed by atoms with Crippen LogP contribution >= 0.6 is 11.6 Å². The molecule has 0 fully saturated rings. The van der Waals surface area contributed by atoms with Gasteiger partial charge in [0.05, 0.1) is 27.3 Å². The van der Waals surface area contributed by atoms with Crippen LogP contribution in [0.2, 0.25) is 5.02 Å². The Morgan fingerprint density at radius 3 is 2.57 bits per heavy atom. The van der Waals surface area contributed by atoms with Crippen molar-refractivity contribution in [3.05, 3.63) is 22.5 Å². The topological polar surface area (TPSA) is 43.8 Å². The summed E-state index contributed by atoms with van der Waals surface area (Å²) < 4.78 is 40.7. The minimum absolute atomic E-state index is 0.0569. The zero-order chi connectivity index (χ0) is 15.8. The SMILES string of the molecule is CCCCCn1c(C)nc2cc(C(F)(F)F)c(Cl)c(N)c21. The van der Waals surface area contributed by atoms with Crippen molar-refractivity contribution in [2.75, 3.05) is 5.73 Å². The number of unbranched alkanes of at least 4 members (excludes halogenated alkanes) is 2. The van der Waals surface area contributed by atoms with E-state index >= 15 is 0 Å². The van der Waals surface area contributed by atoms with Gasteiger partial charge in [-0.2, -0.15) is 13.2 Å². The van der Waals surface area contributed by atoms with E-state index in [4.69, 9.17) is 17.3 Å². The van der Waals surface area contributed by atoms with Gasteiger partial charge < -0.3 is 10.3 Å². The summed E-state index contributed by atoms with van der Waals surface area (Å²) >= 11 is 5.81. The molecule has 0 radical (unpaired) electrons. The molecule has 7 heteroatoms. The molecule has 2 aromatic rings. The summed E-state index contributed by atoms with van der Waals surface area (Å²) in [6.07, 6.45) is -1.53. The number of imidazole rings is 1. The van der Waals surface area contributed by atoms with E-state index in [9.17, 15) is 13.2 Å². The monoisotopic (exact) mass is 319 g/mol. The first kappa shape index (κ1) is 15.9. The average molecular weight is 320 g/mol. The fourth-order valence-corrected chi connectivity index (χ4v) is 2.67. The molecule has 3 nitrogen and oxygen atoms in total. The van der Waals surface area contributed by atoms with Crippen molar-refractivity contribution >= 4 is 28.3 Å². The molecule has 0 unspecified atom stereocenters. The van der Waals surface area contributed by atoms with Gasteiger partial charge in [-0.1, -0.05) is 31.4 Å². The molecule has 1 aromatic heterocycles. The number of anilines is 1. The Balaban J connectivity index is 2.59. The maximum atomic E-state index is 12.9. The molecule has 0 spiro atoms. The second-order valence-electron chi connectivity index (χ2n) is 5.04. The summed E-state index contributed by atoms with van der Waals surface area (Å²) in [5, 5.41) is -0.452. The Morgan fingerprint density at radius 2 is 2.00 bits per heavy atom. The third-order valence-electron chi connectivity index (χ3n) is 3.49. The highest BCUT2D eigenvalue weighted by molar-refractivity contribution is 6.35. The van der Waals surface area contributed by atoms with Gasteiger partial charge >= 0.3 is 6.18 Å². The van der Waals surface area contributed by atoms with Gasteiger partial charge in [0.25, 0.3) is 0 Å². The lowest BCUT2D eigenvalue weighted by Crippen LogP contribution is -2.09. The summed E-state index contributed by atoms with van der Waals surface area (Å²) in [5.41, 5.74) is 5.57. The Labute approximate surface area is 125 Å². The highest BCUT2D eigenvalue weighted by atomic mass is 35.5. The fraction of sp³-hybridized carbons (Fsp3) is 0.500. The summed E-state index contributed by atoms with van der Waals surface area (Å²) in [6.45, 7) is 4.51. The minimum Gasteiger partial charge on any atom is -0.396 e. The number of nitrogen functional groups attached to an aromatic ring is 1. The fourth-order valence-electron chi connectivity index (χ4n) is 2.42. The second-order valence-corrected chi connectivity index (χ2v) is 5.41. The van der Waals surface area contributed by atoms with E-state index < -0.39 is 16.8 Å². The zero-order valence-electron chi connectivity index (χ0n) is 11.9. The van der Waals surface area contributed by atoms with Crippen LogP contribution < -0.4 is 5.73 Å². The van der Waals surface area contributed by atoms with Crippen LogP contribution in [-0.2, 0) is 12.7 Å². The van der Waals surface area contributed by atoms with Crippen molar-refractivity contribution in [3.63, 3.8) is 0 Å². The van der Waals surface area contributed by atoms with E-state index in [1.807, 2.05) is 4.57 Å². The molecule has 0 atom stereocenters. The van der Waals surface area contributed by atoms with Crippen molar-refractivity contribution in [1.29, 1.82) is 0 Å². The number of halogens is 4. The smallest absolute Gasteiger partial charge is 0.396 e. The van der Waals surface area contributed by atoms with Crippen LogP contribution in [-0.4, -0.2) is 9.55 Å². The Hall–Kier alpha value is -1.43. The number of aryl methyl sites for hydroxylation is 2. The highest BCUT2D eigenvalue weighted by Crippen LogP contribution is 2.41. The van der Waals surface area contributed by atoms with Crippen LogP contribution in [0.5, 0.6) is 0 Å². The Bertz CT molecular complexity index is 662. The van der Waals surface area contributed by atoms with Gasteiger partial charge in [-0.25, -0.2) is 4.98 Å². The minimum atomic E-state index is -4.54. The van der Waals surface area contributed by atoms with Crippen molar-refractivity contribution in [3.8, 4) is 0 Å². The van der Waals surface area contributed by atoms with Gasteiger partial charge in [0.1, 0.15) is 5.82 Å². The van der Waals surface area contributed by atoms with Crippen LogP contribution in [0.1, 0.15) is 37.6 Å². The first-order valence-corrected chi connectivity index (χ1v) is 7.17. The van der Waals surface area contributed by atoms with E-state index in [2.05, 4.69) is 11.9 Å². The van der Waals surface area contributed by atoms with Crippen LogP contribution in [0.15, 0.2) is 6.07 Å². The van der Waals surface area contributed by atoms with Crippen LogP contribution in [0, 0.1) is 6.92 Å². The number of hydrogen-bond acceptors (Lipinski definition) is 2. The van der Waals surface area contributed by atoms with Gasteiger partial charge in [-0.15, -0.1) is 0 Å². The molecule has 0 aliphatic heterocycles. The summed E-state index contributed by atoms with van der Waals surface area (Å²) in [5.74, 6) is 0.642. The molecule has 116 valence electrons. The first-order chi connectivity index (χ1) is 9.77. The molecule has 0 aliphatic rings. The molecule has 0 amide bonds. The number of hydrogen-bond donors (Lipinski definition) is 1. The number of fused-ring (bicyclic) bond motifs is 1. The third-order valence-corrected chi connectivity index (χ3v) is 3.89. The highest BCUT2D eigenvalue weighted by Gasteiger charge is 2.35. The largest absolute Gasteiger partial charge is 0.418 e. The Kier molecular flexibility index (Phi) is 4.37.